The molecule has 1 fully saturated rings. The lowest BCUT2D eigenvalue weighted by atomic mass is 9.91. The summed E-state index contributed by atoms with van der Waals surface area (Å²) in [5, 5.41) is 20.5. The average molecular weight is 441 g/mol. The lowest BCUT2D eigenvalue weighted by molar-refractivity contribution is -0.159. The molecule has 1 saturated heterocycles. The minimum atomic E-state index is -1.18. The van der Waals surface area contributed by atoms with Gasteiger partial charge < -0.3 is 24.4 Å². The fraction of sp³-hybridized carbons (Fsp3) is 0.381. The summed E-state index contributed by atoms with van der Waals surface area (Å²) in [4.78, 5) is 11.6. The van der Waals surface area contributed by atoms with Gasteiger partial charge in [0.2, 0.25) is 0 Å². The van der Waals surface area contributed by atoms with E-state index in [0.717, 1.165) is 12.0 Å². The Balaban J connectivity index is 1.53. The highest BCUT2D eigenvalue weighted by molar-refractivity contribution is 6.35. The molecule has 29 heavy (non-hydrogen) atoms. The van der Waals surface area contributed by atoms with E-state index >= 15 is 0 Å². The van der Waals surface area contributed by atoms with Crippen molar-refractivity contribution < 1.29 is 29.2 Å². The van der Waals surface area contributed by atoms with Crippen molar-refractivity contribution in [1.29, 1.82) is 0 Å². The Bertz CT molecular complexity index is 851. The summed E-state index contributed by atoms with van der Waals surface area (Å²) in [6, 6.07) is 12.0. The van der Waals surface area contributed by atoms with Gasteiger partial charge in [0.05, 0.1) is 5.02 Å². The minimum absolute atomic E-state index is 0.00297. The quantitative estimate of drug-likeness (QED) is 0.612. The maximum Gasteiger partial charge on any atom is 0.336 e. The summed E-state index contributed by atoms with van der Waals surface area (Å²) >= 11 is 11.9. The summed E-state index contributed by atoms with van der Waals surface area (Å²) < 4.78 is 16.6. The van der Waals surface area contributed by atoms with E-state index < -0.39 is 17.7 Å². The zero-order chi connectivity index (χ0) is 20.9. The van der Waals surface area contributed by atoms with Gasteiger partial charge in [0.1, 0.15) is 30.8 Å². The molecule has 2 N–H and O–H groups in total. The highest BCUT2D eigenvalue weighted by atomic mass is 35.5. The number of halogens is 2. The van der Waals surface area contributed by atoms with Crippen molar-refractivity contribution in [3.63, 3.8) is 0 Å². The Morgan fingerprint density at radius 1 is 1.17 bits per heavy atom. The predicted molar refractivity (Wildman–Crippen MR) is 109 cm³/mol. The van der Waals surface area contributed by atoms with Crippen molar-refractivity contribution in [3.05, 3.63) is 58.1 Å². The lowest BCUT2D eigenvalue weighted by Crippen LogP contribution is -2.40. The number of carboxylic acid groups (broad SMARTS) is 1. The number of aliphatic hydroxyl groups excluding tert-OH is 1. The van der Waals surface area contributed by atoms with Gasteiger partial charge in [-0.15, -0.1) is 0 Å². The van der Waals surface area contributed by atoms with E-state index in [4.69, 9.17) is 37.4 Å². The van der Waals surface area contributed by atoms with Gasteiger partial charge in [0.15, 0.2) is 5.60 Å². The number of aliphatic carboxylic acids is 1. The van der Waals surface area contributed by atoms with Crippen LogP contribution >= 0.6 is 23.2 Å². The van der Waals surface area contributed by atoms with E-state index in [9.17, 15) is 15.0 Å². The molecule has 1 heterocycles. The third kappa shape index (κ3) is 5.76. The molecule has 1 aliphatic rings. The topological polar surface area (TPSA) is 85.2 Å². The molecule has 0 amide bonds. The fourth-order valence-corrected chi connectivity index (χ4v) is 3.64. The summed E-state index contributed by atoms with van der Waals surface area (Å²) in [5.74, 6) is 0.00649. The lowest BCUT2D eigenvalue weighted by Gasteiger charge is -2.23. The van der Waals surface area contributed by atoms with Crippen LogP contribution in [0, 0.1) is 0 Å². The number of benzene rings is 2. The van der Waals surface area contributed by atoms with Crippen molar-refractivity contribution >= 4 is 29.2 Å². The minimum Gasteiger partial charge on any atom is -0.491 e. The Kier molecular flexibility index (Phi) is 7.24. The molecule has 1 unspecified atom stereocenters. The number of carbonyl (C=O) groups is 1. The molecule has 2 aromatic carbocycles. The van der Waals surface area contributed by atoms with Gasteiger partial charge in [0.25, 0.3) is 0 Å². The standard InChI is InChI=1S/C21H22Cl2O6/c22-15-5-6-19(18(23)10-15)28-13-16(24)12-27-17-4-1-3-14(9-17)11-21(20(25)26)7-2-8-29-21/h1,3-6,9-10,16,24H,2,7-8,11-13H2,(H,25,26)/t16-,21?/m0/s1. The van der Waals surface area contributed by atoms with Gasteiger partial charge in [-0.25, -0.2) is 4.79 Å². The van der Waals surface area contributed by atoms with Crippen LogP contribution in [0.5, 0.6) is 11.5 Å². The van der Waals surface area contributed by atoms with Crippen LogP contribution in [0.15, 0.2) is 42.5 Å². The molecule has 3 rings (SSSR count). The normalized spacial score (nSPS) is 19.7. The monoisotopic (exact) mass is 440 g/mol. The molecule has 8 heteroatoms. The highest BCUT2D eigenvalue weighted by Gasteiger charge is 2.42. The smallest absolute Gasteiger partial charge is 0.336 e. The van der Waals surface area contributed by atoms with Gasteiger partial charge in [-0.1, -0.05) is 35.3 Å². The number of carboxylic acids is 1. The predicted octanol–water partition coefficient (Wildman–Crippen LogP) is 3.99. The molecule has 156 valence electrons. The first kappa shape index (κ1) is 21.7. The highest BCUT2D eigenvalue weighted by Crippen LogP contribution is 2.31. The van der Waals surface area contributed by atoms with Crippen LogP contribution in [0.4, 0.5) is 0 Å². The van der Waals surface area contributed by atoms with E-state index in [1.54, 1.807) is 36.4 Å². The van der Waals surface area contributed by atoms with E-state index in [1.807, 2.05) is 6.07 Å². The van der Waals surface area contributed by atoms with Crippen LogP contribution < -0.4 is 9.47 Å². The van der Waals surface area contributed by atoms with Crippen molar-refractivity contribution in [2.24, 2.45) is 0 Å². The van der Waals surface area contributed by atoms with Crippen LogP contribution in [0.25, 0.3) is 0 Å². The number of hydrogen-bond donors (Lipinski definition) is 2. The molecule has 0 aromatic heterocycles. The third-order valence-corrected chi connectivity index (χ3v) is 5.18. The molecule has 2 atom stereocenters. The maximum absolute atomic E-state index is 11.6. The number of rotatable bonds is 9. The zero-order valence-corrected chi connectivity index (χ0v) is 17.2. The Hall–Kier alpha value is -1.99. The Morgan fingerprint density at radius 2 is 1.97 bits per heavy atom. The van der Waals surface area contributed by atoms with Crippen molar-refractivity contribution in [2.75, 3.05) is 19.8 Å². The van der Waals surface area contributed by atoms with Gasteiger partial charge in [-0.05, 0) is 48.7 Å². The maximum atomic E-state index is 11.6. The van der Waals surface area contributed by atoms with Gasteiger partial charge in [-0.3, -0.25) is 0 Å². The first-order chi connectivity index (χ1) is 13.9. The Labute approximate surface area is 178 Å². The number of ether oxygens (including phenoxy) is 3. The second-order valence-corrected chi connectivity index (χ2v) is 7.77. The first-order valence-electron chi connectivity index (χ1n) is 9.23. The Morgan fingerprint density at radius 3 is 2.66 bits per heavy atom. The molecule has 2 aromatic rings. The summed E-state index contributed by atoms with van der Waals surface area (Å²) in [5.41, 5.74) is -0.380. The van der Waals surface area contributed by atoms with Crippen LogP contribution in [0.3, 0.4) is 0 Å². The molecule has 0 spiro atoms. The third-order valence-electron chi connectivity index (χ3n) is 4.65. The summed E-state index contributed by atoms with van der Waals surface area (Å²) in [7, 11) is 0. The SMILES string of the molecule is O=C(O)C1(Cc2cccc(OC[C@H](O)COc3ccc(Cl)cc3Cl)c2)CCCO1. The second kappa shape index (κ2) is 9.67. The molecule has 0 saturated carbocycles. The van der Waals surface area contributed by atoms with E-state index in [0.29, 0.717) is 34.6 Å². The fourth-order valence-electron chi connectivity index (χ4n) is 3.17. The van der Waals surface area contributed by atoms with Crippen LogP contribution in [0.1, 0.15) is 18.4 Å². The van der Waals surface area contributed by atoms with Gasteiger partial charge >= 0.3 is 5.97 Å². The molecule has 6 nitrogen and oxygen atoms in total. The molecular weight excluding hydrogens is 419 g/mol. The van der Waals surface area contributed by atoms with Crippen LogP contribution in [-0.4, -0.2) is 47.7 Å². The zero-order valence-electron chi connectivity index (χ0n) is 15.6. The average Bonchev–Trinajstić information content (AvgIpc) is 3.16. The molecule has 0 bridgehead atoms. The van der Waals surface area contributed by atoms with E-state index in [1.165, 1.54) is 0 Å². The van der Waals surface area contributed by atoms with Gasteiger partial charge in [-0.2, -0.15) is 0 Å². The van der Waals surface area contributed by atoms with Crippen LogP contribution in [0.2, 0.25) is 10.0 Å². The van der Waals surface area contributed by atoms with Crippen molar-refractivity contribution in [3.8, 4) is 11.5 Å². The summed E-state index contributed by atoms with van der Waals surface area (Å²) in [6.45, 7) is 0.457. The van der Waals surface area contributed by atoms with Crippen molar-refractivity contribution in [1.82, 2.24) is 0 Å². The van der Waals surface area contributed by atoms with Gasteiger partial charge in [0, 0.05) is 18.1 Å². The largest absolute Gasteiger partial charge is 0.491 e. The molecule has 0 aliphatic carbocycles. The van der Waals surface area contributed by atoms with Crippen molar-refractivity contribution in [2.45, 2.75) is 31.0 Å². The number of hydrogen-bond acceptors (Lipinski definition) is 5. The second-order valence-electron chi connectivity index (χ2n) is 6.93. The summed E-state index contributed by atoms with van der Waals surface area (Å²) in [6.07, 6.45) is 0.595. The van der Waals surface area contributed by atoms with E-state index in [2.05, 4.69) is 0 Å². The first-order valence-corrected chi connectivity index (χ1v) is 9.98. The number of aliphatic hydroxyl groups is 1. The molecule has 0 radical (unpaired) electrons. The van der Waals surface area contributed by atoms with E-state index in [-0.39, 0.29) is 19.6 Å². The van der Waals surface area contributed by atoms with Crippen LogP contribution in [-0.2, 0) is 16.0 Å². The molecule has 1 aliphatic heterocycles. The molecular formula is C21H22Cl2O6.